The molecule has 3 N–H and O–H groups in total. The summed E-state index contributed by atoms with van der Waals surface area (Å²) in [6.07, 6.45) is 7.22. The Kier molecular flexibility index (Phi) is 6.70. The molecule has 1 amide bonds. The Balaban J connectivity index is 1.57. The predicted octanol–water partition coefficient (Wildman–Crippen LogP) is 3.39. The van der Waals surface area contributed by atoms with Gasteiger partial charge in [-0.1, -0.05) is 37.1 Å². The SMILES string of the molecule is CS(=O)(=O)Nc1ccccc1C(=O)Nc1ccc(CCNC2CCCC2)cc1. The normalized spacial score (nSPS) is 14.8. The molecule has 0 atom stereocenters. The number of rotatable bonds is 8. The lowest BCUT2D eigenvalue weighted by atomic mass is 10.1. The molecule has 1 aliphatic rings. The van der Waals surface area contributed by atoms with Crippen molar-refractivity contribution in [3.63, 3.8) is 0 Å². The predicted molar refractivity (Wildman–Crippen MR) is 113 cm³/mol. The Morgan fingerprint density at radius 1 is 1.04 bits per heavy atom. The summed E-state index contributed by atoms with van der Waals surface area (Å²) in [5, 5.41) is 6.42. The number of hydrogen-bond donors (Lipinski definition) is 3. The van der Waals surface area contributed by atoms with E-state index in [9.17, 15) is 13.2 Å². The number of anilines is 2. The fourth-order valence-electron chi connectivity index (χ4n) is 3.47. The number of carbonyl (C=O) groups is 1. The fraction of sp³-hybridized carbons (Fsp3) is 0.381. The minimum Gasteiger partial charge on any atom is -0.322 e. The summed E-state index contributed by atoms with van der Waals surface area (Å²) in [6, 6.07) is 15.0. The minimum atomic E-state index is -3.46. The molecule has 0 heterocycles. The van der Waals surface area contributed by atoms with Gasteiger partial charge in [0.05, 0.1) is 17.5 Å². The summed E-state index contributed by atoms with van der Waals surface area (Å²) in [5.74, 6) is -0.359. The van der Waals surface area contributed by atoms with Crippen LogP contribution in [0.3, 0.4) is 0 Å². The van der Waals surface area contributed by atoms with Gasteiger partial charge in [-0.05, 0) is 55.6 Å². The van der Waals surface area contributed by atoms with Gasteiger partial charge in [-0.25, -0.2) is 8.42 Å². The maximum Gasteiger partial charge on any atom is 0.257 e. The largest absolute Gasteiger partial charge is 0.322 e. The lowest BCUT2D eigenvalue weighted by Crippen LogP contribution is -2.27. The van der Waals surface area contributed by atoms with Crippen molar-refractivity contribution in [2.45, 2.75) is 38.1 Å². The summed E-state index contributed by atoms with van der Waals surface area (Å²) >= 11 is 0. The number of nitrogens with one attached hydrogen (secondary N) is 3. The summed E-state index contributed by atoms with van der Waals surface area (Å²) in [6.45, 7) is 0.959. The van der Waals surface area contributed by atoms with E-state index in [4.69, 9.17) is 0 Å². The van der Waals surface area contributed by atoms with E-state index in [1.165, 1.54) is 31.2 Å². The second-order valence-corrected chi connectivity index (χ2v) is 9.00. The van der Waals surface area contributed by atoms with Gasteiger partial charge in [0.1, 0.15) is 0 Å². The zero-order chi connectivity index (χ0) is 20.0. The highest BCUT2D eigenvalue weighted by atomic mass is 32.2. The van der Waals surface area contributed by atoms with Crippen molar-refractivity contribution in [3.8, 4) is 0 Å². The number of sulfonamides is 1. The van der Waals surface area contributed by atoms with Gasteiger partial charge in [-0.2, -0.15) is 0 Å². The minimum absolute atomic E-state index is 0.261. The number of benzene rings is 2. The first-order chi connectivity index (χ1) is 13.4. The smallest absolute Gasteiger partial charge is 0.257 e. The van der Waals surface area contributed by atoms with E-state index in [1.54, 1.807) is 24.3 Å². The van der Waals surface area contributed by atoms with E-state index in [1.807, 2.05) is 24.3 Å². The summed E-state index contributed by atoms with van der Waals surface area (Å²) in [7, 11) is -3.46. The second-order valence-electron chi connectivity index (χ2n) is 7.26. The van der Waals surface area contributed by atoms with Crippen LogP contribution in [0.4, 0.5) is 11.4 Å². The molecule has 2 aromatic carbocycles. The van der Waals surface area contributed by atoms with Gasteiger partial charge in [0, 0.05) is 11.7 Å². The van der Waals surface area contributed by atoms with E-state index in [2.05, 4.69) is 15.4 Å². The molecule has 0 radical (unpaired) electrons. The van der Waals surface area contributed by atoms with Crippen LogP contribution >= 0.6 is 0 Å². The van der Waals surface area contributed by atoms with Gasteiger partial charge in [-0.3, -0.25) is 9.52 Å². The molecule has 1 fully saturated rings. The van der Waals surface area contributed by atoms with Crippen molar-refractivity contribution in [2.75, 3.05) is 22.8 Å². The highest BCUT2D eigenvalue weighted by molar-refractivity contribution is 7.92. The average molecular weight is 402 g/mol. The quantitative estimate of drug-likeness (QED) is 0.633. The fourth-order valence-corrected chi connectivity index (χ4v) is 4.05. The van der Waals surface area contributed by atoms with E-state index in [-0.39, 0.29) is 17.2 Å². The first-order valence-electron chi connectivity index (χ1n) is 9.61. The number of amides is 1. The van der Waals surface area contributed by atoms with Crippen LogP contribution in [0, 0.1) is 0 Å². The summed E-state index contributed by atoms with van der Waals surface area (Å²) in [4.78, 5) is 12.6. The number of para-hydroxylation sites is 1. The van der Waals surface area contributed by atoms with Crippen LogP contribution in [0.25, 0.3) is 0 Å². The number of carbonyl (C=O) groups excluding carboxylic acids is 1. The Morgan fingerprint density at radius 2 is 1.71 bits per heavy atom. The van der Waals surface area contributed by atoms with Gasteiger partial charge in [0.2, 0.25) is 10.0 Å². The van der Waals surface area contributed by atoms with Crippen molar-refractivity contribution >= 4 is 27.3 Å². The Morgan fingerprint density at radius 3 is 2.39 bits per heavy atom. The first-order valence-corrected chi connectivity index (χ1v) is 11.5. The third-order valence-corrected chi connectivity index (χ3v) is 5.47. The third-order valence-electron chi connectivity index (χ3n) is 4.88. The first kappa shape index (κ1) is 20.4. The Bertz CT molecular complexity index is 905. The molecule has 150 valence electrons. The van der Waals surface area contributed by atoms with Crippen LogP contribution in [0.5, 0.6) is 0 Å². The number of hydrogen-bond acceptors (Lipinski definition) is 4. The van der Waals surface area contributed by atoms with Crippen LogP contribution in [0.1, 0.15) is 41.6 Å². The third kappa shape index (κ3) is 6.07. The van der Waals surface area contributed by atoms with Crippen molar-refractivity contribution in [1.29, 1.82) is 0 Å². The molecule has 0 bridgehead atoms. The molecule has 2 aromatic rings. The zero-order valence-corrected chi connectivity index (χ0v) is 16.9. The molecule has 28 heavy (non-hydrogen) atoms. The van der Waals surface area contributed by atoms with Crippen LogP contribution in [0.2, 0.25) is 0 Å². The van der Waals surface area contributed by atoms with Gasteiger partial charge < -0.3 is 10.6 Å². The monoisotopic (exact) mass is 401 g/mol. The molecule has 3 rings (SSSR count). The molecule has 0 unspecified atom stereocenters. The lowest BCUT2D eigenvalue weighted by molar-refractivity contribution is 0.102. The van der Waals surface area contributed by atoms with Gasteiger partial charge in [0.15, 0.2) is 0 Å². The molecule has 0 spiro atoms. The van der Waals surface area contributed by atoms with Crippen LogP contribution in [-0.2, 0) is 16.4 Å². The molecule has 0 saturated heterocycles. The lowest BCUT2D eigenvalue weighted by Gasteiger charge is -2.12. The molecule has 0 aliphatic heterocycles. The van der Waals surface area contributed by atoms with Crippen molar-refractivity contribution in [1.82, 2.24) is 5.32 Å². The van der Waals surface area contributed by atoms with Crippen LogP contribution in [-0.4, -0.2) is 33.2 Å². The Labute approximate surface area is 166 Å². The standard InChI is InChI=1S/C21H27N3O3S/c1-28(26,27)24-20-9-5-4-8-19(20)21(25)23-18-12-10-16(11-13-18)14-15-22-17-6-2-3-7-17/h4-5,8-13,17,22,24H,2-3,6-7,14-15H2,1H3,(H,23,25). The Hall–Kier alpha value is -2.38. The van der Waals surface area contributed by atoms with Crippen LogP contribution in [0.15, 0.2) is 48.5 Å². The topological polar surface area (TPSA) is 87.3 Å². The van der Waals surface area contributed by atoms with E-state index in [0.717, 1.165) is 19.2 Å². The molecule has 1 saturated carbocycles. The molecule has 1 aliphatic carbocycles. The van der Waals surface area contributed by atoms with E-state index < -0.39 is 10.0 Å². The average Bonchev–Trinajstić information content (AvgIpc) is 3.16. The molecule has 7 heteroatoms. The molecular weight excluding hydrogens is 374 g/mol. The zero-order valence-electron chi connectivity index (χ0n) is 16.1. The van der Waals surface area contributed by atoms with Crippen LogP contribution < -0.4 is 15.4 Å². The van der Waals surface area contributed by atoms with Crippen molar-refractivity contribution < 1.29 is 13.2 Å². The van der Waals surface area contributed by atoms with Gasteiger partial charge >= 0.3 is 0 Å². The van der Waals surface area contributed by atoms with Gasteiger partial charge in [-0.15, -0.1) is 0 Å². The van der Waals surface area contributed by atoms with Crippen molar-refractivity contribution in [3.05, 3.63) is 59.7 Å². The highest BCUT2D eigenvalue weighted by Gasteiger charge is 2.15. The second kappa shape index (κ2) is 9.21. The maximum absolute atomic E-state index is 12.6. The highest BCUT2D eigenvalue weighted by Crippen LogP contribution is 2.19. The van der Waals surface area contributed by atoms with E-state index >= 15 is 0 Å². The van der Waals surface area contributed by atoms with E-state index in [0.29, 0.717) is 11.7 Å². The summed E-state index contributed by atoms with van der Waals surface area (Å²) in [5.41, 5.74) is 2.42. The molecule has 0 aromatic heterocycles. The maximum atomic E-state index is 12.6. The summed E-state index contributed by atoms with van der Waals surface area (Å²) < 4.78 is 25.4. The van der Waals surface area contributed by atoms with Crippen molar-refractivity contribution in [2.24, 2.45) is 0 Å². The molecular formula is C21H27N3O3S. The van der Waals surface area contributed by atoms with Gasteiger partial charge in [0.25, 0.3) is 5.91 Å². The molecule has 6 nitrogen and oxygen atoms in total.